The van der Waals surface area contributed by atoms with Crippen molar-refractivity contribution in [1.82, 2.24) is 4.72 Å². The third kappa shape index (κ3) is 4.21. The lowest BCUT2D eigenvalue weighted by molar-refractivity contribution is 0.329. The Labute approximate surface area is 85.6 Å². The molecule has 0 unspecified atom stereocenters. The summed E-state index contributed by atoms with van der Waals surface area (Å²) in [5.74, 6) is 0. The van der Waals surface area contributed by atoms with Crippen LogP contribution in [0.4, 0.5) is 0 Å². The fourth-order valence-electron chi connectivity index (χ4n) is 1.60. The molecule has 1 saturated carbocycles. The van der Waals surface area contributed by atoms with Crippen molar-refractivity contribution in [2.24, 2.45) is 0 Å². The van der Waals surface area contributed by atoms with Crippen LogP contribution in [0.15, 0.2) is 12.7 Å². The molecular formula is C9H17NO3S. The summed E-state index contributed by atoms with van der Waals surface area (Å²) in [7, 11) is -3.56. The second kappa shape index (κ2) is 5.48. The third-order valence-corrected chi connectivity index (χ3v) is 3.33. The van der Waals surface area contributed by atoms with Gasteiger partial charge in [-0.3, -0.25) is 4.18 Å². The second-order valence-electron chi connectivity index (χ2n) is 3.48. The second-order valence-corrected chi connectivity index (χ2v) is 4.86. The smallest absolute Gasteiger partial charge is 0.254 e. The van der Waals surface area contributed by atoms with Gasteiger partial charge in [-0.05, 0) is 12.8 Å². The highest BCUT2D eigenvalue weighted by Crippen LogP contribution is 2.18. The molecular weight excluding hydrogens is 202 g/mol. The van der Waals surface area contributed by atoms with Crippen molar-refractivity contribution < 1.29 is 12.6 Å². The van der Waals surface area contributed by atoms with Gasteiger partial charge in [0.15, 0.2) is 0 Å². The summed E-state index contributed by atoms with van der Waals surface area (Å²) in [6.07, 6.45) is 6.63. The van der Waals surface area contributed by atoms with E-state index in [0.29, 0.717) is 0 Å². The van der Waals surface area contributed by atoms with Gasteiger partial charge >= 0.3 is 10.3 Å². The Morgan fingerprint density at radius 1 is 1.36 bits per heavy atom. The van der Waals surface area contributed by atoms with Crippen molar-refractivity contribution in [2.45, 2.75) is 38.1 Å². The van der Waals surface area contributed by atoms with Crippen molar-refractivity contribution in [3.05, 3.63) is 12.7 Å². The summed E-state index contributed by atoms with van der Waals surface area (Å²) >= 11 is 0. The summed E-state index contributed by atoms with van der Waals surface area (Å²) in [5.41, 5.74) is 0. The minimum Gasteiger partial charge on any atom is -0.254 e. The molecule has 0 spiro atoms. The SMILES string of the molecule is C=CCOS(=O)(=O)NC1CCCCC1. The van der Waals surface area contributed by atoms with Gasteiger partial charge in [0.2, 0.25) is 0 Å². The Bertz CT molecular complexity index is 268. The van der Waals surface area contributed by atoms with Gasteiger partial charge in [0.1, 0.15) is 0 Å². The summed E-state index contributed by atoms with van der Waals surface area (Å²) in [6.45, 7) is 3.42. The molecule has 82 valence electrons. The molecule has 0 aromatic heterocycles. The van der Waals surface area contributed by atoms with Crippen molar-refractivity contribution in [2.75, 3.05) is 6.61 Å². The highest BCUT2D eigenvalue weighted by molar-refractivity contribution is 7.84. The lowest BCUT2D eigenvalue weighted by Gasteiger charge is -2.21. The molecule has 1 N–H and O–H groups in total. The molecule has 1 fully saturated rings. The molecule has 5 heteroatoms. The molecule has 1 aliphatic rings. The molecule has 0 aliphatic heterocycles. The zero-order valence-corrected chi connectivity index (χ0v) is 9.05. The fourth-order valence-corrected chi connectivity index (χ4v) is 2.58. The van der Waals surface area contributed by atoms with Crippen LogP contribution in [0.1, 0.15) is 32.1 Å². The number of nitrogens with one attached hydrogen (secondary N) is 1. The van der Waals surface area contributed by atoms with E-state index in [1.807, 2.05) is 0 Å². The maximum atomic E-state index is 11.3. The lowest BCUT2D eigenvalue weighted by atomic mass is 9.96. The van der Waals surface area contributed by atoms with E-state index in [1.165, 1.54) is 12.5 Å². The van der Waals surface area contributed by atoms with Gasteiger partial charge in [-0.1, -0.05) is 25.3 Å². The van der Waals surface area contributed by atoms with Crippen molar-refractivity contribution in [3.8, 4) is 0 Å². The van der Waals surface area contributed by atoms with E-state index in [-0.39, 0.29) is 12.6 Å². The van der Waals surface area contributed by atoms with Crippen LogP contribution in [0.5, 0.6) is 0 Å². The average molecular weight is 219 g/mol. The van der Waals surface area contributed by atoms with Crippen LogP contribution in [0.3, 0.4) is 0 Å². The van der Waals surface area contributed by atoms with Gasteiger partial charge in [0.25, 0.3) is 0 Å². The summed E-state index contributed by atoms with van der Waals surface area (Å²) in [5, 5.41) is 0. The number of rotatable bonds is 5. The number of hydrogen-bond donors (Lipinski definition) is 1. The molecule has 0 bridgehead atoms. The van der Waals surface area contributed by atoms with Crippen LogP contribution in [0, 0.1) is 0 Å². The molecule has 1 rings (SSSR count). The Kier molecular flexibility index (Phi) is 4.57. The first-order valence-corrected chi connectivity index (χ1v) is 6.32. The first kappa shape index (κ1) is 11.7. The zero-order valence-electron chi connectivity index (χ0n) is 8.24. The van der Waals surface area contributed by atoms with Crippen molar-refractivity contribution in [1.29, 1.82) is 0 Å². The molecule has 0 amide bonds. The molecule has 0 radical (unpaired) electrons. The molecule has 0 aromatic carbocycles. The Hall–Kier alpha value is -0.390. The minimum absolute atomic E-state index is 0.0298. The predicted octanol–water partition coefficient (Wildman–Crippen LogP) is 1.36. The molecule has 0 saturated heterocycles. The van der Waals surface area contributed by atoms with Gasteiger partial charge in [0, 0.05) is 6.04 Å². The number of hydrogen-bond acceptors (Lipinski definition) is 3. The maximum Gasteiger partial charge on any atom is 0.336 e. The van der Waals surface area contributed by atoms with Crippen molar-refractivity contribution in [3.63, 3.8) is 0 Å². The van der Waals surface area contributed by atoms with Gasteiger partial charge in [-0.2, -0.15) is 13.1 Å². The summed E-state index contributed by atoms with van der Waals surface area (Å²) < 4.78 is 29.7. The molecule has 1 aliphatic carbocycles. The van der Waals surface area contributed by atoms with Gasteiger partial charge < -0.3 is 0 Å². The van der Waals surface area contributed by atoms with Gasteiger partial charge in [0.05, 0.1) is 6.61 Å². The molecule has 0 heterocycles. The van der Waals surface area contributed by atoms with Crippen LogP contribution in [-0.4, -0.2) is 21.1 Å². The monoisotopic (exact) mass is 219 g/mol. The molecule has 14 heavy (non-hydrogen) atoms. The van der Waals surface area contributed by atoms with Gasteiger partial charge in [-0.25, -0.2) is 0 Å². The van der Waals surface area contributed by atoms with E-state index in [1.54, 1.807) is 0 Å². The molecule has 0 atom stereocenters. The first-order chi connectivity index (χ1) is 6.64. The summed E-state index contributed by atoms with van der Waals surface area (Å²) in [4.78, 5) is 0. The van der Waals surface area contributed by atoms with Crippen LogP contribution >= 0.6 is 0 Å². The van der Waals surface area contributed by atoms with E-state index >= 15 is 0 Å². The van der Waals surface area contributed by atoms with E-state index in [0.717, 1.165) is 25.7 Å². The van der Waals surface area contributed by atoms with Crippen LogP contribution in [-0.2, 0) is 14.5 Å². The van der Waals surface area contributed by atoms with Crippen LogP contribution in [0.2, 0.25) is 0 Å². The highest BCUT2D eigenvalue weighted by Gasteiger charge is 2.19. The normalized spacial score (nSPS) is 19.4. The Balaban J connectivity index is 2.36. The van der Waals surface area contributed by atoms with Crippen molar-refractivity contribution >= 4 is 10.3 Å². The fraction of sp³-hybridized carbons (Fsp3) is 0.778. The Morgan fingerprint density at radius 3 is 2.57 bits per heavy atom. The summed E-state index contributed by atoms with van der Waals surface area (Å²) in [6, 6.07) is 0.0542. The average Bonchev–Trinajstić information content (AvgIpc) is 2.16. The largest absolute Gasteiger partial charge is 0.336 e. The quantitative estimate of drug-likeness (QED) is 0.710. The van der Waals surface area contributed by atoms with E-state index in [9.17, 15) is 8.42 Å². The Morgan fingerprint density at radius 2 is 2.00 bits per heavy atom. The van der Waals surface area contributed by atoms with E-state index < -0.39 is 10.3 Å². The molecule has 0 aromatic rings. The van der Waals surface area contributed by atoms with Crippen LogP contribution in [0.25, 0.3) is 0 Å². The third-order valence-electron chi connectivity index (χ3n) is 2.26. The highest BCUT2D eigenvalue weighted by atomic mass is 32.2. The topological polar surface area (TPSA) is 55.4 Å². The van der Waals surface area contributed by atoms with Crippen LogP contribution < -0.4 is 4.72 Å². The lowest BCUT2D eigenvalue weighted by Crippen LogP contribution is -2.37. The standard InChI is InChI=1S/C9H17NO3S/c1-2-8-13-14(11,12)10-9-6-4-3-5-7-9/h2,9-10H,1,3-8H2. The first-order valence-electron chi connectivity index (χ1n) is 4.91. The zero-order chi connectivity index (χ0) is 10.4. The predicted molar refractivity (Wildman–Crippen MR) is 55.1 cm³/mol. The van der Waals surface area contributed by atoms with E-state index in [2.05, 4.69) is 15.5 Å². The van der Waals surface area contributed by atoms with Gasteiger partial charge in [-0.15, -0.1) is 6.58 Å². The van der Waals surface area contributed by atoms with E-state index in [4.69, 9.17) is 0 Å². The maximum absolute atomic E-state index is 11.3. The molecule has 4 nitrogen and oxygen atoms in total. The minimum atomic E-state index is -3.56.